The second-order valence-electron chi connectivity index (χ2n) is 8.08. The average molecular weight is 512 g/mol. The Bertz CT molecular complexity index is 1180. The fraction of sp³-hybridized carbons (Fsp3) is 0.409. The summed E-state index contributed by atoms with van der Waals surface area (Å²) in [4.78, 5) is 13.5. The molecule has 10 nitrogen and oxygen atoms in total. The van der Waals surface area contributed by atoms with E-state index < -0.39 is 32.1 Å². The molecule has 1 aliphatic rings. The van der Waals surface area contributed by atoms with Gasteiger partial charge in [-0.15, -0.1) is 0 Å². The predicted octanol–water partition coefficient (Wildman–Crippen LogP) is 0.917. The predicted molar refractivity (Wildman–Crippen MR) is 126 cm³/mol. The summed E-state index contributed by atoms with van der Waals surface area (Å²) in [5.41, 5.74) is 0.982. The molecule has 34 heavy (non-hydrogen) atoms. The molecule has 0 amide bonds. The van der Waals surface area contributed by atoms with E-state index in [2.05, 4.69) is 0 Å². The van der Waals surface area contributed by atoms with E-state index >= 15 is 0 Å². The zero-order valence-corrected chi connectivity index (χ0v) is 20.7. The monoisotopic (exact) mass is 511 g/mol. The summed E-state index contributed by atoms with van der Waals surface area (Å²) < 4.78 is 57.4. The number of ether oxygens (including phenoxy) is 1. The summed E-state index contributed by atoms with van der Waals surface area (Å²) in [6, 6.07) is 14.4. The van der Waals surface area contributed by atoms with Crippen molar-refractivity contribution in [3.8, 4) is 5.75 Å². The number of piperazine rings is 1. The molecule has 0 spiro atoms. The van der Waals surface area contributed by atoms with Gasteiger partial charge in [-0.1, -0.05) is 30.3 Å². The minimum Gasteiger partial charge on any atom is -0.489 e. The number of aliphatic carboxylic acids is 1. The number of rotatable bonds is 10. The smallest absolute Gasteiger partial charge is 0.322 e. The highest BCUT2D eigenvalue weighted by Gasteiger charge is 2.34. The van der Waals surface area contributed by atoms with Gasteiger partial charge < -0.3 is 9.84 Å². The number of hydrogen-bond donors (Lipinski definition) is 1. The number of nitrogens with zero attached hydrogens (tertiary/aromatic N) is 3. The lowest BCUT2D eigenvalue weighted by molar-refractivity contribution is -0.144. The van der Waals surface area contributed by atoms with Gasteiger partial charge in [0.2, 0.25) is 20.0 Å². The molecule has 0 bridgehead atoms. The first-order valence-electron chi connectivity index (χ1n) is 10.6. The van der Waals surface area contributed by atoms with Crippen molar-refractivity contribution in [2.45, 2.75) is 17.5 Å². The van der Waals surface area contributed by atoms with Crippen molar-refractivity contribution in [3.05, 3.63) is 60.2 Å². The van der Waals surface area contributed by atoms with Gasteiger partial charge in [0.05, 0.1) is 11.2 Å². The molecular weight excluding hydrogens is 482 g/mol. The molecule has 2 aromatic rings. The van der Waals surface area contributed by atoms with Gasteiger partial charge in [-0.25, -0.2) is 16.8 Å². The fourth-order valence-corrected chi connectivity index (χ4v) is 5.67. The standard InChI is InChI=1S/C22H29N3O7S2/c1-23(16-21(22(26)27)24-12-14-25(15-13-24)33(2,28)29)34(30,31)20-10-8-19(9-11-20)32-17-18-6-4-3-5-7-18/h3-11,21H,12-17H2,1-2H3,(H,26,27). The van der Waals surface area contributed by atoms with Crippen LogP contribution in [0.25, 0.3) is 0 Å². The Hall–Kier alpha value is -2.51. The van der Waals surface area contributed by atoms with Gasteiger partial charge in [0.25, 0.3) is 0 Å². The minimum atomic E-state index is -3.94. The van der Waals surface area contributed by atoms with Crippen LogP contribution >= 0.6 is 0 Å². The van der Waals surface area contributed by atoms with Crippen LogP contribution < -0.4 is 4.74 Å². The van der Waals surface area contributed by atoms with Gasteiger partial charge in [-0.2, -0.15) is 8.61 Å². The molecule has 0 aromatic heterocycles. The molecule has 186 valence electrons. The number of carboxylic acid groups (broad SMARTS) is 1. The quantitative estimate of drug-likeness (QED) is 0.499. The van der Waals surface area contributed by atoms with Gasteiger partial charge in [-0.3, -0.25) is 9.69 Å². The molecule has 1 heterocycles. The summed E-state index contributed by atoms with van der Waals surface area (Å²) in [6.45, 7) is 0.784. The summed E-state index contributed by atoms with van der Waals surface area (Å²) >= 11 is 0. The van der Waals surface area contributed by atoms with E-state index in [4.69, 9.17) is 4.74 Å². The normalized spacial score (nSPS) is 16.9. The molecular formula is C22H29N3O7S2. The van der Waals surface area contributed by atoms with E-state index in [0.29, 0.717) is 12.4 Å². The van der Waals surface area contributed by atoms with Crippen LogP contribution in [0, 0.1) is 0 Å². The second kappa shape index (κ2) is 10.8. The number of benzene rings is 2. The van der Waals surface area contributed by atoms with Gasteiger partial charge >= 0.3 is 5.97 Å². The molecule has 1 aliphatic heterocycles. The van der Waals surface area contributed by atoms with Crippen LogP contribution in [0.1, 0.15) is 5.56 Å². The van der Waals surface area contributed by atoms with Crippen LogP contribution in [0.2, 0.25) is 0 Å². The van der Waals surface area contributed by atoms with E-state index in [9.17, 15) is 26.7 Å². The van der Waals surface area contributed by atoms with Crippen molar-refractivity contribution in [2.24, 2.45) is 0 Å². The van der Waals surface area contributed by atoms with E-state index in [-0.39, 0.29) is 37.6 Å². The highest BCUT2D eigenvalue weighted by atomic mass is 32.2. The molecule has 1 N–H and O–H groups in total. The Kier molecular flexibility index (Phi) is 8.31. The Morgan fingerprint density at radius 2 is 1.59 bits per heavy atom. The molecule has 1 fully saturated rings. The zero-order valence-electron chi connectivity index (χ0n) is 19.1. The van der Waals surface area contributed by atoms with E-state index in [0.717, 1.165) is 16.1 Å². The maximum absolute atomic E-state index is 13.0. The molecule has 12 heteroatoms. The number of sulfonamides is 2. The molecule has 3 rings (SSSR count). The summed E-state index contributed by atoms with van der Waals surface area (Å²) in [5, 5.41) is 9.71. The molecule has 0 radical (unpaired) electrons. The Morgan fingerprint density at radius 3 is 2.12 bits per heavy atom. The average Bonchev–Trinajstić information content (AvgIpc) is 2.81. The van der Waals surface area contributed by atoms with Crippen LogP contribution in [0.5, 0.6) is 5.75 Å². The van der Waals surface area contributed by atoms with Crippen molar-refractivity contribution in [2.75, 3.05) is 46.0 Å². The van der Waals surface area contributed by atoms with Crippen LogP contribution in [-0.2, 0) is 31.4 Å². The maximum atomic E-state index is 13.0. The van der Waals surface area contributed by atoms with E-state index in [1.807, 2.05) is 30.3 Å². The third kappa shape index (κ3) is 6.54. The van der Waals surface area contributed by atoms with Crippen molar-refractivity contribution < 1.29 is 31.5 Å². The first kappa shape index (κ1) is 26.1. The number of carboxylic acids is 1. The van der Waals surface area contributed by atoms with Gasteiger partial charge in [0.1, 0.15) is 18.4 Å². The van der Waals surface area contributed by atoms with Gasteiger partial charge in [0.15, 0.2) is 0 Å². The van der Waals surface area contributed by atoms with Crippen LogP contribution in [0.15, 0.2) is 59.5 Å². The lowest BCUT2D eigenvalue weighted by atomic mass is 10.2. The highest BCUT2D eigenvalue weighted by Crippen LogP contribution is 2.21. The number of carbonyl (C=O) groups is 1. The molecule has 0 saturated carbocycles. The van der Waals surface area contributed by atoms with Crippen LogP contribution in [-0.4, -0.2) is 93.5 Å². The summed E-state index contributed by atoms with van der Waals surface area (Å²) in [7, 11) is -5.97. The number of hydrogen-bond acceptors (Lipinski definition) is 7. The third-order valence-electron chi connectivity index (χ3n) is 5.68. The van der Waals surface area contributed by atoms with Gasteiger partial charge in [0, 0.05) is 39.8 Å². The molecule has 2 aromatic carbocycles. The van der Waals surface area contributed by atoms with Crippen molar-refractivity contribution in [1.82, 2.24) is 13.5 Å². The van der Waals surface area contributed by atoms with E-state index in [1.54, 1.807) is 17.0 Å². The number of likely N-dealkylation sites (N-methyl/N-ethyl adjacent to an activating group) is 1. The van der Waals surface area contributed by atoms with Crippen molar-refractivity contribution in [1.29, 1.82) is 0 Å². The Labute approximate surface area is 200 Å². The fourth-order valence-electron chi connectivity index (χ4n) is 3.67. The topological polar surface area (TPSA) is 125 Å². The minimum absolute atomic E-state index is 0.0214. The van der Waals surface area contributed by atoms with Crippen LogP contribution in [0.3, 0.4) is 0 Å². The summed E-state index contributed by atoms with van der Waals surface area (Å²) in [6.07, 6.45) is 1.11. The second-order valence-corrected chi connectivity index (χ2v) is 12.1. The lowest BCUT2D eigenvalue weighted by Gasteiger charge is -2.37. The zero-order chi connectivity index (χ0) is 24.9. The first-order chi connectivity index (χ1) is 16.0. The van der Waals surface area contributed by atoms with E-state index in [1.165, 1.54) is 23.5 Å². The van der Waals surface area contributed by atoms with Crippen LogP contribution in [0.4, 0.5) is 0 Å². The maximum Gasteiger partial charge on any atom is 0.322 e. The Balaban J connectivity index is 1.64. The highest BCUT2D eigenvalue weighted by molar-refractivity contribution is 7.89. The molecule has 0 aliphatic carbocycles. The summed E-state index contributed by atoms with van der Waals surface area (Å²) in [5.74, 6) is -0.655. The lowest BCUT2D eigenvalue weighted by Crippen LogP contribution is -2.56. The first-order valence-corrected chi connectivity index (χ1v) is 13.9. The van der Waals surface area contributed by atoms with Crippen molar-refractivity contribution in [3.63, 3.8) is 0 Å². The molecule has 1 atom stereocenters. The molecule has 1 unspecified atom stereocenters. The molecule has 1 saturated heterocycles. The van der Waals surface area contributed by atoms with Crippen molar-refractivity contribution >= 4 is 26.0 Å². The Morgan fingerprint density at radius 1 is 1.00 bits per heavy atom. The largest absolute Gasteiger partial charge is 0.489 e. The SMILES string of the molecule is CN(CC(C(=O)O)N1CCN(S(C)(=O)=O)CC1)S(=O)(=O)c1ccc(OCc2ccccc2)cc1. The van der Waals surface area contributed by atoms with Gasteiger partial charge in [-0.05, 0) is 29.8 Å². The third-order valence-corrected chi connectivity index (χ3v) is 8.82.